The van der Waals surface area contributed by atoms with Gasteiger partial charge in [-0.05, 0) is 44.9 Å². The Labute approximate surface area is 245 Å². The molecule has 3 N–H and O–H groups in total. The van der Waals surface area contributed by atoms with E-state index in [-0.39, 0.29) is 5.91 Å². The van der Waals surface area contributed by atoms with E-state index in [1.54, 1.807) is 13.2 Å². The highest BCUT2D eigenvalue weighted by molar-refractivity contribution is 6.04. The van der Waals surface area contributed by atoms with Gasteiger partial charge in [-0.3, -0.25) is 19.6 Å². The molecule has 4 amide bonds. The van der Waals surface area contributed by atoms with Crippen LogP contribution in [0.3, 0.4) is 0 Å². The number of carbonyl (C=O) groups excluding carboxylic acids is 3. The lowest BCUT2D eigenvalue weighted by molar-refractivity contribution is -0.120. The predicted octanol–water partition coefficient (Wildman–Crippen LogP) is 4.69. The molecule has 0 spiro atoms. The highest BCUT2D eigenvalue weighted by Crippen LogP contribution is 2.32. The number of methoxy groups -OCH3 is 1. The number of amides is 4. The van der Waals surface area contributed by atoms with Crippen molar-refractivity contribution in [1.29, 1.82) is 0 Å². The lowest BCUT2D eigenvalue weighted by Crippen LogP contribution is -2.22. The SMILES string of the molecule is CC.CCN1Cc2ccc(OC)cc2C1=O.Cc1nn(C)c(C)c1N=C1CCCc2oc(C3NC(=O)NC3=O)cc2N1. The van der Waals surface area contributed by atoms with Gasteiger partial charge in [-0.25, -0.2) is 9.79 Å². The first kappa shape index (κ1) is 30.4. The fourth-order valence-corrected chi connectivity index (χ4v) is 5.00. The van der Waals surface area contributed by atoms with E-state index < -0.39 is 18.0 Å². The number of amidine groups is 1. The number of carbonyl (C=O) groups is 3. The monoisotopic (exact) mass is 577 g/mol. The molecule has 3 aliphatic heterocycles. The van der Waals surface area contributed by atoms with Crippen molar-refractivity contribution in [2.24, 2.45) is 12.0 Å². The first-order valence-corrected chi connectivity index (χ1v) is 14.2. The lowest BCUT2D eigenvalue weighted by atomic mass is 10.1. The van der Waals surface area contributed by atoms with E-state index in [1.165, 1.54) is 0 Å². The van der Waals surface area contributed by atoms with E-state index in [0.29, 0.717) is 5.76 Å². The number of hydrogen-bond donors (Lipinski definition) is 3. The van der Waals surface area contributed by atoms with Gasteiger partial charge in [0.25, 0.3) is 11.8 Å². The van der Waals surface area contributed by atoms with E-state index in [4.69, 9.17) is 14.1 Å². The van der Waals surface area contributed by atoms with E-state index >= 15 is 0 Å². The minimum Gasteiger partial charge on any atom is -0.497 e. The largest absolute Gasteiger partial charge is 0.497 e. The van der Waals surface area contributed by atoms with Crippen molar-refractivity contribution in [1.82, 2.24) is 25.3 Å². The molecule has 0 aliphatic carbocycles. The molecular weight excluding hydrogens is 538 g/mol. The zero-order valence-corrected chi connectivity index (χ0v) is 25.3. The molecule has 1 atom stereocenters. The van der Waals surface area contributed by atoms with E-state index in [0.717, 1.165) is 83.6 Å². The quantitative estimate of drug-likeness (QED) is 0.382. The van der Waals surface area contributed by atoms with Crippen LogP contribution in [0.1, 0.15) is 78.5 Å². The molecule has 0 bridgehead atoms. The second kappa shape index (κ2) is 12.9. The molecule has 3 aromatic rings. The second-order valence-corrected chi connectivity index (χ2v) is 9.90. The van der Waals surface area contributed by atoms with Crippen LogP contribution < -0.4 is 20.7 Å². The van der Waals surface area contributed by atoms with Crippen molar-refractivity contribution in [3.05, 3.63) is 58.3 Å². The Hall–Kier alpha value is -4.61. The Morgan fingerprint density at radius 3 is 2.50 bits per heavy atom. The number of rotatable bonds is 4. The number of aromatic nitrogens is 2. The normalized spacial score (nSPS) is 18.1. The van der Waals surface area contributed by atoms with Gasteiger partial charge in [-0.2, -0.15) is 5.10 Å². The van der Waals surface area contributed by atoms with Crippen molar-refractivity contribution < 1.29 is 23.5 Å². The Morgan fingerprint density at radius 1 is 1.12 bits per heavy atom. The van der Waals surface area contributed by atoms with Crippen LogP contribution in [0.25, 0.3) is 0 Å². The van der Waals surface area contributed by atoms with Gasteiger partial charge >= 0.3 is 6.03 Å². The average Bonchev–Trinajstić information content (AvgIpc) is 3.67. The molecule has 12 nitrogen and oxygen atoms in total. The summed E-state index contributed by atoms with van der Waals surface area (Å²) in [7, 11) is 3.51. The van der Waals surface area contributed by atoms with Gasteiger partial charge < -0.3 is 24.7 Å². The number of fused-ring (bicyclic) bond motifs is 2. The summed E-state index contributed by atoms with van der Waals surface area (Å²) in [5.41, 5.74) is 5.40. The number of hydrogen-bond acceptors (Lipinski definition) is 7. The molecular formula is C30H39N7O5. The third kappa shape index (κ3) is 6.17. The summed E-state index contributed by atoms with van der Waals surface area (Å²) >= 11 is 0. The van der Waals surface area contributed by atoms with Crippen molar-refractivity contribution in [3.63, 3.8) is 0 Å². The molecule has 1 unspecified atom stereocenters. The number of ether oxygens (including phenoxy) is 1. The first-order chi connectivity index (χ1) is 20.2. The van der Waals surface area contributed by atoms with Crippen molar-refractivity contribution in [2.45, 2.75) is 66.5 Å². The van der Waals surface area contributed by atoms with Gasteiger partial charge in [0, 0.05) is 44.6 Å². The predicted molar refractivity (Wildman–Crippen MR) is 159 cm³/mol. The van der Waals surface area contributed by atoms with Crippen LogP contribution in [0, 0.1) is 13.8 Å². The average molecular weight is 578 g/mol. The number of urea groups is 1. The third-order valence-electron chi connectivity index (χ3n) is 7.28. The van der Waals surface area contributed by atoms with Crippen LogP contribution in [0.4, 0.5) is 16.2 Å². The fraction of sp³-hybridized carbons (Fsp3) is 0.433. The summed E-state index contributed by atoms with van der Waals surface area (Å²) in [6.07, 6.45) is 2.38. The third-order valence-corrected chi connectivity index (χ3v) is 7.28. The molecule has 3 aliphatic rings. The summed E-state index contributed by atoms with van der Waals surface area (Å²) < 4.78 is 12.7. The number of furan rings is 1. The maximum Gasteiger partial charge on any atom is 0.322 e. The van der Waals surface area contributed by atoms with Crippen LogP contribution in [0.15, 0.2) is 33.7 Å². The minimum absolute atomic E-state index is 0.112. The number of anilines is 1. The van der Waals surface area contributed by atoms with Gasteiger partial charge in [0.2, 0.25) is 0 Å². The number of aryl methyl sites for hydroxylation is 3. The van der Waals surface area contributed by atoms with E-state index in [2.05, 4.69) is 21.0 Å². The van der Waals surface area contributed by atoms with Gasteiger partial charge in [-0.15, -0.1) is 0 Å². The first-order valence-electron chi connectivity index (χ1n) is 14.2. The molecule has 1 fully saturated rings. The summed E-state index contributed by atoms with van der Waals surface area (Å²) in [4.78, 5) is 41.5. The molecule has 1 saturated heterocycles. The summed E-state index contributed by atoms with van der Waals surface area (Å²) in [5.74, 6) is 2.46. The topological polar surface area (TPSA) is 143 Å². The lowest BCUT2D eigenvalue weighted by Gasteiger charge is -2.10. The van der Waals surface area contributed by atoms with E-state index in [9.17, 15) is 14.4 Å². The summed E-state index contributed by atoms with van der Waals surface area (Å²) in [5, 5.41) is 12.5. The number of benzene rings is 1. The molecule has 5 heterocycles. The Balaban J connectivity index is 0.000000214. The van der Waals surface area contributed by atoms with E-state index in [1.807, 2.05) is 69.4 Å². The minimum atomic E-state index is -0.792. The van der Waals surface area contributed by atoms with Crippen molar-refractivity contribution >= 4 is 35.1 Å². The van der Waals surface area contributed by atoms with Gasteiger partial charge in [0.1, 0.15) is 28.8 Å². The maximum atomic E-state index is 11.8. The Kier molecular flexibility index (Phi) is 9.34. The van der Waals surface area contributed by atoms with Gasteiger partial charge in [0.05, 0.1) is 24.2 Å². The standard InChI is InChI=1S/C17H20N6O3.C11H13NO2.C2H6/c1-8-14(9(2)23(3)22-8)19-13-6-4-5-11-10(18-13)7-12(26-11)15-16(24)21-17(25)20-15;1-3-12-7-8-4-5-9(14-2)6-10(8)11(12)13;1-2/h7,15H,4-6H2,1-3H3,(H,18,19)(H2,20,21,24,25);4-6H,3,7H2,1-2H3;1-2H3. The molecule has 2 aromatic heterocycles. The van der Waals surface area contributed by atoms with Gasteiger partial charge in [0.15, 0.2) is 6.04 Å². The fourth-order valence-electron chi connectivity index (χ4n) is 5.00. The molecule has 0 saturated carbocycles. The van der Waals surface area contributed by atoms with Crippen LogP contribution in [0.5, 0.6) is 5.75 Å². The maximum absolute atomic E-state index is 11.8. The second-order valence-electron chi connectivity index (χ2n) is 9.90. The number of nitrogens with zero attached hydrogens (tertiary/aromatic N) is 4. The zero-order chi connectivity index (χ0) is 30.6. The molecule has 6 rings (SSSR count). The van der Waals surface area contributed by atoms with Crippen LogP contribution in [0.2, 0.25) is 0 Å². The Morgan fingerprint density at radius 2 is 1.88 bits per heavy atom. The molecule has 0 radical (unpaired) electrons. The summed E-state index contributed by atoms with van der Waals surface area (Å²) in [6, 6.07) is 6.12. The molecule has 12 heteroatoms. The molecule has 42 heavy (non-hydrogen) atoms. The zero-order valence-electron chi connectivity index (χ0n) is 25.3. The van der Waals surface area contributed by atoms with Crippen molar-refractivity contribution in [3.8, 4) is 5.75 Å². The van der Waals surface area contributed by atoms with Crippen LogP contribution in [-0.2, 0) is 24.8 Å². The van der Waals surface area contributed by atoms with Gasteiger partial charge in [-0.1, -0.05) is 19.9 Å². The smallest absolute Gasteiger partial charge is 0.322 e. The highest BCUT2D eigenvalue weighted by atomic mass is 16.5. The number of nitrogens with one attached hydrogen (secondary N) is 3. The summed E-state index contributed by atoms with van der Waals surface area (Å²) in [6.45, 7) is 11.4. The molecule has 1 aromatic carbocycles. The highest BCUT2D eigenvalue weighted by Gasteiger charge is 2.34. The molecule has 224 valence electrons. The number of imide groups is 1. The van der Waals surface area contributed by atoms with Crippen LogP contribution >= 0.6 is 0 Å². The van der Waals surface area contributed by atoms with Crippen LogP contribution in [-0.4, -0.2) is 52.0 Å². The number of aliphatic imine (C=N–C) groups is 1. The Bertz CT molecular complexity index is 1520. The van der Waals surface area contributed by atoms with Crippen molar-refractivity contribution in [2.75, 3.05) is 19.0 Å².